The molecule has 1 aromatic carbocycles. The molecule has 1 aliphatic rings. The summed E-state index contributed by atoms with van der Waals surface area (Å²) in [5, 5.41) is 5.25. The van der Waals surface area contributed by atoms with Crippen LogP contribution in [0.25, 0.3) is 0 Å². The molecule has 2 rings (SSSR count). The van der Waals surface area contributed by atoms with Gasteiger partial charge in [0, 0.05) is 26.2 Å². The van der Waals surface area contributed by atoms with E-state index >= 15 is 0 Å². The van der Waals surface area contributed by atoms with Crippen LogP contribution in [0.4, 0.5) is 0 Å². The summed E-state index contributed by atoms with van der Waals surface area (Å²) in [6, 6.07) is 8.81. The standard InChI is InChI=1S/C22H36N4O4S/c1-22(2,9-10-25-13-11-24(3)12-14-25)21(28)30-16-15-26(29)23-19(20(27)31)17-18-7-5-4-6-8-18/h4-8,19,23,29H,9-17H2,1-3H3,(H,27,31)/i29T. The molecule has 0 saturated carbocycles. The monoisotopic (exact) mass is 454 g/mol. The van der Waals surface area contributed by atoms with Gasteiger partial charge in [-0.3, -0.25) is 14.8 Å². The van der Waals surface area contributed by atoms with Crippen molar-refractivity contribution in [3.63, 3.8) is 0 Å². The van der Waals surface area contributed by atoms with Crippen molar-refractivity contribution in [2.45, 2.75) is 32.7 Å². The lowest BCUT2D eigenvalue weighted by Gasteiger charge is -2.34. The van der Waals surface area contributed by atoms with Gasteiger partial charge in [-0.15, -0.1) is 17.8 Å². The first kappa shape index (κ1) is 24.2. The molecular weight excluding hydrogens is 416 g/mol. The van der Waals surface area contributed by atoms with Crippen LogP contribution in [0.1, 0.15) is 25.8 Å². The highest BCUT2D eigenvalue weighted by molar-refractivity contribution is 7.96. The van der Waals surface area contributed by atoms with Crippen LogP contribution in [0, 0.1) is 5.41 Å². The van der Waals surface area contributed by atoms with Crippen LogP contribution >= 0.6 is 12.6 Å². The van der Waals surface area contributed by atoms with Crippen molar-refractivity contribution in [1.29, 1.82) is 0 Å². The van der Waals surface area contributed by atoms with E-state index in [0.29, 0.717) is 12.8 Å². The van der Waals surface area contributed by atoms with Gasteiger partial charge in [0.25, 0.3) is 0 Å². The molecular formula is C22H36N4O4S. The van der Waals surface area contributed by atoms with E-state index < -0.39 is 11.5 Å². The Balaban J connectivity index is 1.76. The molecule has 174 valence electrons. The van der Waals surface area contributed by atoms with E-state index in [0.717, 1.165) is 43.5 Å². The molecule has 8 nitrogen and oxygen atoms in total. The first-order valence-electron chi connectivity index (χ1n) is 11.1. The molecule has 1 saturated heterocycles. The van der Waals surface area contributed by atoms with Crippen LogP contribution in [0.15, 0.2) is 30.3 Å². The molecule has 1 heterocycles. The topological polar surface area (TPSA) is 85.3 Å². The van der Waals surface area contributed by atoms with Crippen molar-refractivity contribution in [1.82, 2.24) is 20.4 Å². The Kier molecular flexibility index (Phi) is 9.76. The Morgan fingerprint density at radius 1 is 1.29 bits per heavy atom. The zero-order valence-corrected chi connectivity index (χ0v) is 19.6. The summed E-state index contributed by atoms with van der Waals surface area (Å²) in [5.41, 5.74) is 3.17. The smallest absolute Gasteiger partial charge is 0.311 e. The summed E-state index contributed by atoms with van der Waals surface area (Å²) in [7, 11) is 2.12. The number of benzene rings is 1. The Morgan fingerprint density at radius 3 is 2.58 bits per heavy atom. The first-order chi connectivity index (χ1) is 15.2. The Bertz CT molecular complexity index is 717. The maximum Gasteiger partial charge on any atom is 0.311 e. The number of nitrogens with one attached hydrogen (secondary N) is 1. The second kappa shape index (κ2) is 12.5. The number of rotatable bonds is 13. The number of carbonyl (C=O) groups is 2. The zero-order valence-electron chi connectivity index (χ0n) is 19.7. The summed E-state index contributed by atoms with van der Waals surface area (Å²) in [5.74, 6) is -0.289. The lowest BCUT2D eigenvalue weighted by Crippen LogP contribution is -2.48. The summed E-state index contributed by atoms with van der Waals surface area (Å²) in [6.07, 6.45) is 1.10. The summed E-state index contributed by atoms with van der Waals surface area (Å²) in [6.45, 7) is 8.86. The van der Waals surface area contributed by atoms with Crippen LogP contribution in [-0.2, 0) is 20.7 Å². The van der Waals surface area contributed by atoms with Crippen LogP contribution in [0.5, 0.6) is 0 Å². The first-order valence-corrected chi connectivity index (χ1v) is 11.2. The van der Waals surface area contributed by atoms with Crippen LogP contribution < -0.4 is 5.43 Å². The van der Waals surface area contributed by atoms with Gasteiger partial charge in [0.15, 0.2) is 0 Å². The predicted molar refractivity (Wildman–Crippen MR) is 123 cm³/mol. The third kappa shape index (κ3) is 9.26. The van der Waals surface area contributed by atoms with E-state index in [1.165, 1.54) is 0 Å². The molecule has 9 heteroatoms. The van der Waals surface area contributed by atoms with Gasteiger partial charge in [0.1, 0.15) is 6.61 Å². The molecule has 0 amide bonds. The maximum absolute atomic E-state index is 12.6. The maximum atomic E-state index is 12.6. The fraction of sp³-hybridized carbons (Fsp3) is 0.636. The number of piperazine rings is 1. The number of hydrazine groups is 1. The fourth-order valence-corrected chi connectivity index (χ4v) is 3.45. The van der Waals surface area contributed by atoms with Crippen LogP contribution in [0.2, 0.25) is 1.43 Å². The molecule has 0 aliphatic carbocycles. The highest BCUT2D eigenvalue weighted by Crippen LogP contribution is 2.23. The molecule has 0 radical (unpaired) electrons. The minimum absolute atomic E-state index is 0.0292. The fourth-order valence-electron chi connectivity index (χ4n) is 3.30. The van der Waals surface area contributed by atoms with E-state index in [-0.39, 0.29) is 24.2 Å². The number of esters is 1. The quantitative estimate of drug-likeness (QED) is 0.235. The molecule has 1 fully saturated rings. The summed E-state index contributed by atoms with van der Waals surface area (Å²) < 4.78 is 12.7. The van der Waals surface area contributed by atoms with Crippen molar-refractivity contribution in [2.75, 3.05) is 52.9 Å². The molecule has 1 aliphatic heterocycles. The van der Waals surface area contributed by atoms with Crippen molar-refractivity contribution >= 4 is 23.7 Å². The molecule has 1 unspecified atom stereocenters. The number of nitrogens with zero attached hydrogens (tertiary/aromatic N) is 3. The minimum atomic E-state index is -0.679. The highest BCUT2D eigenvalue weighted by Gasteiger charge is 2.30. The third-order valence-corrected chi connectivity index (χ3v) is 5.92. The summed E-state index contributed by atoms with van der Waals surface area (Å²) in [4.78, 5) is 29.2. The lowest BCUT2D eigenvalue weighted by molar-refractivity contribution is -0.171. The number of hydrogen-bond donors (Lipinski definition) is 3. The molecule has 0 aromatic heterocycles. The second-order valence-electron chi connectivity index (χ2n) is 8.73. The van der Waals surface area contributed by atoms with Crippen molar-refractivity contribution in [3.05, 3.63) is 35.9 Å². The van der Waals surface area contributed by atoms with E-state index in [2.05, 4.69) is 40.1 Å². The van der Waals surface area contributed by atoms with E-state index in [1.54, 1.807) is 0 Å². The van der Waals surface area contributed by atoms with E-state index in [1.807, 2.05) is 44.2 Å². The molecule has 1 aromatic rings. The number of hydrogen-bond acceptors (Lipinski definition) is 8. The number of likely N-dealkylation sites (N-methyl/N-ethyl adjacent to an activating group) is 1. The average Bonchev–Trinajstić information content (AvgIpc) is 2.77. The van der Waals surface area contributed by atoms with Gasteiger partial charge in [-0.2, -0.15) is 0 Å². The molecule has 2 N–H and O–H groups in total. The molecule has 0 bridgehead atoms. The zero-order chi connectivity index (χ0) is 23.6. The average molecular weight is 455 g/mol. The highest BCUT2D eigenvalue weighted by atomic mass is 32.1. The van der Waals surface area contributed by atoms with Gasteiger partial charge in [0.05, 0.1) is 18.0 Å². The Morgan fingerprint density at radius 2 is 1.97 bits per heavy atom. The predicted octanol–water partition coefficient (Wildman–Crippen LogP) is 1.46. The summed E-state index contributed by atoms with van der Waals surface area (Å²) >= 11 is 3.93. The number of ether oxygens (including phenoxy) is 1. The van der Waals surface area contributed by atoms with Gasteiger partial charge in [-0.1, -0.05) is 30.3 Å². The van der Waals surface area contributed by atoms with Crippen molar-refractivity contribution in [3.8, 4) is 0 Å². The van der Waals surface area contributed by atoms with Gasteiger partial charge >= 0.3 is 5.97 Å². The normalized spacial score (nSPS) is 17.4. The SMILES string of the molecule is [3H]ON(CCOC(=O)C(C)(C)CCN1CCN(C)CC1)NC(Cc1ccccc1)C(=O)S. The van der Waals surface area contributed by atoms with Gasteiger partial charge in [-0.25, -0.2) is 5.43 Å². The molecule has 31 heavy (non-hydrogen) atoms. The Labute approximate surface area is 192 Å². The molecule has 0 spiro atoms. The van der Waals surface area contributed by atoms with E-state index in [9.17, 15) is 9.59 Å². The lowest BCUT2D eigenvalue weighted by atomic mass is 9.89. The van der Waals surface area contributed by atoms with Crippen LogP contribution in [-0.4, -0.2) is 90.2 Å². The Hall–Kier alpha value is -1.49. The largest absolute Gasteiger partial charge is 0.464 e. The van der Waals surface area contributed by atoms with Gasteiger partial charge in [0.2, 0.25) is 6.55 Å². The van der Waals surface area contributed by atoms with E-state index in [4.69, 9.17) is 6.17 Å². The molecule has 1 atom stereocenters. The van der Waals surface area contributed by atoms with Crippen molar-refractivity contribution < 1.29 is 21.0 Å². The number of hydroxylamine groups is 1. The minimum Gasteiger partial charge on any atom is -0.464 e. The second-order valence-corrected chi connectivity index (χ2v) is 9.17. The number of thiol groups is 1. The van der Waals surface area contributed by atoms with Crippen LogP contribution in [0.3, 0.4) is 0 Å². The van der Waals surface area contributed by atoms with Gasteiger partial charge in [-0.05, 0) is 45.8 Å². The van der Waals surface area contributed by atoms with Gasteiger partial charge < -0.3 is 14.5 Å². The number of carbonyl (C=O) groups excluding carboxylic acids is 2. The van der Waals surface area contributed by atoms with Crippen molar-refractivity contribution in [2.24, 2.45) is 5.41 Å². The third-order valence-electron chi connectivity index (χ3n) is 5.61.